The van der Waals surface area contributed by atoms with E-state index < -0.39 is 10.0 Å². The van der Waals surface area contributed by atoms with Crippen LogP contribution in [-0.4, -0.2) is 23.2 Å². The summed E-state index contributed by atoms with van der Waals surface area (Å²) < 4.78 is 36.5. The van der Waals surface area contributed by atoms with Crippen LogP contribution in [0.4, 0.5) is 0 Å². The molecule has 1 N–H and O–H groups in total. The standard InChI is InChI=1S/C14H19N3O2S2/c1-9-5-3-6-11(10(9)2)17-21(18,19)13-8-4-7-12-14(13)16-20-15-12/h4,7-11,17H,3,5-6H2,1-2H3/t9-,10-,11+/m1/s1. The Hall–Kier alpha value is -1.05. The van der Waals surface area contributed by atoms with E-state index >= 15 is 0 Å². The van der Waals surface area contributed by atoms with Crippen LogP contribution in [0.1, 0.15) is 33.1 Å². The van der Waals surface area contributed by atoms with E-state index in [0.29, 0.717) is 22.9 Å². The van der Waals surface area contributed by atoms with E-state index in [2.05, 4.69) is 27.3 Å². The molecule has 0 aliphatic heterocycles. The predicted octanol–water partition coefficient (Wildman–Crippen LogP) is 2.79. The van der Waals surface area contributed by atoms with Crippen molar-refractivity contribution in [2.24, 2.45) is 11.8 Å². The lowest BCUT2D eigenvalue weighted by Crippen LogP contribution is -2.43. The van der Waals surface area contributed by atoms with Gasteiger partial charge in [0.05, 0.1) is 11.7 Å². The minimum absolute atomic E-state index is 0.000557. The summed E-state index contributed by atoms with van der Waals surface area (Å²) in [6.07, 6.45) is 3.14. The number of hydrogen-bond donors (Lipinski definition) is 1. The minimum Gasteiger partial charge on any atom is -0.208 e. The zero-order valence-electron chi connectivity index (χ0n) is 12.1. The van der Waals surface area contributed by atoms with Crippen molar-refractivity contribution in [3.63, 3.8) is 0 Å². The van der Waals surface area contributed by atoms with Gasteiger partial charge in [-0.1, -0.05) is 32.8 Å². The largest absolute Gasteiger partial charge is 0.243 e. The Morgan fingerprint density at radius 3 is 2.86 bits per heavy atom. The third kappa shape index (κ3) is 2.82. The lowest BCUT2D eigenvalue weighted by molar-refractivity contribution is 0.227. The molecule has 0 radical (unpaired) electrons. The van der Waals surface area contributed by atoms with Crippen LogP contribution in [0, 0.1) is 11.8 Å². The van der Waals surface area contributed by atoms with Gasteiger partial charge in [0.25, 0.3) is 0 Å². The number of sulfonamides is 1. The molecule has 1 heterocycles. The molecule has 5 nitrogen and oxygen atoms in total. The average Bonchev–Trinajstić information content (AvgIpc) is 2.91. The highest BCUT2D eigenvalue weighted by Crippen LogP contribution is 2.31. The van der Waals surface area contributed by atoms with E-state index in [1.165, 1.54) is 6.42 Å². The molecular weight excluding hydrogens is 306 g/mol. The maximum absolute atomic E-state index is 12.7. The quantitative estimate of drug-likeness (QED) is 0.942. The molecule has 114 valence electrons. The number of rotatable bonds is 3. The molecule has 3 atom stereocenters. The molecule has 2 aromatic rings. The van der Waals surface area contributed by atoms with Crippen molar-refractivity contribution in [2.75, 3.05) is 0 Å². The van der Waals surface area contributed by atoms with Gasteiger partial charge in [0.2, 0.25) is 10.0 Å². The maximum Gasteiger partial charge on any atom is 0.243 e. The minimum atomic E-state index is -3.56. The van der Waals surface area contributed by atoms with Crippen LogP contribution in [0.5, 0.6) is 0 Å². The number of aromatic nitrogens is 2. The van der Waals surface area contributed by atoms with E-state index in [9.17, 15) is 8.42 Å². The van der Waals surface area contributed by atoms with Gasteiger partial charge in [0.1, 0.15) is 15.9 Å². The summed E-state index contributed by atoms with van der Waals surface area (Å²) in [6, 6.07) is 5.10. The summed E-state index contributed by atoms with van der Waals surface area (Å²) in [5.41, 5.74) is 1.10. The third-order valence-electron chi connectivity index (χ3n) is 4.55. The first-order chi connectivity index (χ1) is 9.99. The lowest BCUT2D eigenvalue weighted by atomic mass is 9.78. The van der Waals surface area contributed by atoms with Crippen LogP contribution in [-0.2, 0) is 10.0 Å². The molecule has 0 unspecified atom stereocenters. The van der Waals surface area contributed by atoms with Crippen molar-refractivity contribution in [2.45, 2.75) is 44.0 Å². The van der Waals surface area contributed by atoms with Crippen LogP contribution >= 0.6 is 11.7 Å². The Bertz CT molecular complexity index is 742. The Kier molecular flexibility index (Phi) is 3.98. The fourth-order valence-electron chi connectivity index (χ4n) is 3.01. The van der Waals surface area contributed by atoms with E-state index in [-0.39, 0.29) is 10.9 Å². The van der Waals surface area contributed by atoms with E-state index in [1.807, 2.05) is 0 Å². The van der Waals surface area contributed by atoms with Gasteiger partial charge in [-0.05, 0) is 30.4 Å². The highest BCUT2D eigenvalue weighted by atomic mass is 32.2. The van der Waals surface area contributed by atoms with Gasteiger partial charge in [0.15, 0.2) is 0 Å². The van der Waals surface area contributed by atoms with Crippen LogP contribution in [0.25, 0.3) is 11.0 Å². The van der Waals surface area contributed by atoms with Crippen LogP contribution in [0.2, 0.25) is 0 Å². The number of fused-ring (bicyclic) bond motifs is 1. The van der Waals surface area contributed by atoms with Gasteiger partial charge in [-0.25, -0.2) is 13.1 Å². The smallest absolute Gasteiger partial charge is 0.208 e. The van der Waals surface area contributed by atoms with Gasteiger partial charge in [-0.3, -0.25) is 0 Å². The molecule has 0 amide bonds. The molecule has 1 aliphatic carbocycles. The fourth-order valence-corrected chi connectivity index (χ4v) is 5.14. The maximum atomic E-state index is 12.7. The summed E-state index contributed by atoms with van der Waals surface area (Å²) in [5, 5.41) is 0. The molecule has 0 spiro atoms. The normalized spacial score (nSPS) is 27.0. The molecule has 1 aromatic carbocycles. The lowest BCUT2D eigenvalue weighted by Gasteiger charge is -2.34. The zero-order valence-corrected chi connectivity index (χ0v) is 13.7. The summed E-state index contributed by atoms with van der Waals surface area (Å²) in [5.74, 6) is 0.893. The van der Waals surface area contributed by atoms with Crippen LogP contribution in [0.3, 0.4) is 0 Å². The topological polar surface area (TPSA) is 72.0 Å². The molecule has 0 bridgehead atoms. The SMILES string of the molecule is C[C@@H]1[C@H](C)CCC[C@@H]1NS(=O)(=O)c1cccc2nsnc12. The molecule has 1 fully saturated rings. The molecule has 1 saturated carbocycles. The first-order valence-corrected chi connectivity index (χ1v) is 9.44. The van der Waals surface area contributed by atoms with Crippen molar-refractivity contribution in [1.82, 2.24) is 13.5 Å². The number of hydrogen-bond acceptors (Lipinski definition) is 5. The number of benzene rings is 1. The molecule has 0 saturated heterocycles. The Labute approximate surface area is 129 Å². The molecule has 1 aliphatic rings. The number of nitrogens with zero attached hydrogens (tertiary/aromatic N) is 2. The molecular formula is C14H19N3O2S2. The molecule has 3 rings (SSSR count). The monoisotopic (exact) mass is 325 g/mol. The van der Waals surface area contributed by atoms with Gasteiger partial charge >= 0.3 is 0 Å². The second-order valence-corrected chi connectivity index (χ2v) is 8.09. The Morgan fingerprint density at radius 1 is 1.24 bits per heavy atom. The molecule has 7 heteroatoms. The summed E-state index contributed by atoms with van der Waals surface area (Å²) >= 11 is 1.04. The highest BCUT2D eigenvalue weighted by molar-refractivity contribution is 7.89. The highest BCUT2D eigenvalue weighted by Gasteiger charge is 2.31. The van der Waals surface area contributed by atoms with Crippen LogP contribution < -0.4 is 4.72 Å². The predicted molar refractivity (Wildman–Crippen MR) is 83.7 cm³/mol. The number of nitrogens with one attached hydrogen (secondary N) is 1. The zero-order chi connectivity index (χ0) is 15.0. The summed E-state index contributed by atoms with van der Waals surface area (Å²) in [4.78, 5) is 0.235. The fraction of sp³-hybridized carbons (Fsp3) is 0.571. The van der Waals surface area contributed by atoms with Crippen LogP contribution in [0.15, 0.2) is 23.1 Å². The summed E-state index contributed by atoms with van der Waals surface area (Å²) in [6.45, 7) is 4.32. The van der Waals surface area contributed by atoms with E-state index in [4.69, 9.17) is 0 Å². The third-order valence-corrected chi connectivity index (χ3v) is 6.62. The Balaban J connectivity index is 1.92. The van der Waals surface area contributed by atoms with E-state index in [0.717, 1.165) is 24.6 Å². The van der Waals surface area contributed by atoms with Crippen molar-refractivity contribution < 1.29 is 8.42 Å². The summed E-state index contributed by atoms with van der Waals surface area (Å²) in [7, 11) is -3.56. The van der Waals surface area contributed by atoms with E-state index in [1.54, 1.807) is 18.2 Å². The van der Waals surface area contributed by atoms with Gasteiger partial charge in [0, 0.05) is 6.04 Å². The molecule has 21 heavy (non-hydrogen) atoms. The average molecular weight is 325 g/mol. The van der Waals surface area contributed by atoms with Crippen molar-refractivity contribution in [3.8, 4) is 0 Å². The van der Waals surface area contributed by atoms with Crippen molar-refractivity contribution >= 4 is 32.8 Å². The second kappa shape index (κ2) is 5.62. The molecule has 1 aromatic heterocycles. The van der Waals surface area contributed by atoms with Gasteiger partial charge < -0.3 is 0 Å². The van der Waals surface area contributed by atoms with Gasteiger partial charge in [-0.2, -0.15) is 8.75 Å². The van der Waals surface area contributed by atoms with Crippen molar-refractivity contribution in [1.29, 1.82) is 0 Å². The first kappa shape index (κ1) is 14.9. The first-order valence-electron chi connectivity index (χ1n) is 7.22. The van der Waals surface area contributed by atoms with Crippen molar-refractivity contribution in [3.05, 3.63) is 18.2 Å². The Morgan fingerprint density at radius 2 is 2.05 bits per heavy atom. The second-order valence-electron chi connectivity index (χ2n) is 5.88. The van der Waals surface area contributed by atoms with Gasteiger partial charge in [-0.15, -0.1) is 0 Å².